The van der Waals surface area contributed by atoms with Crippen LogP contribution in [0.25, 0.3) is 10.2 Å². The Balaban J connectivity index is 1.44. The molecule has 41 heavy (non-hydrogen) atoms. The van der Waals surface area contributed by atoms with Crippen molar-refractivity contribution >= 4 is 62.6 Å². The number of thioether (sulfide) groups is 1. The monoisotopic (exact) mass is 615 g/mol. The average Bonchev–Trinajstić information content (AvgIpc) is 3.37. The number of amides is 3. The zero-order chi connectivity index (χ0) is 29.2. The van der Waals surface area contributed by atoms with Crippen LogP contribution in [-0.4, -0.2) is 77.4 Å². The third kappa shape index (κ3) is 9.70. The number of halogens is 1. The molecule has 0 radical (unpaired) electrons. The molecule has 1 aromatic heterocycles. The van der Waals surface area contributed by atoms with E-state index < -0.39 is 6.04 Å². The fourth-order valence-electron chi connectivity index (χ4n) is 4.74. The molecule has 1 fully saturated rings. The molecular formula is C30H38ClN5O3S2. The van der Waals surface area contributed by atoms with Crippen molar-refractivity contribution in [1.82, 2.24) is 25.8 Å². The minimum atomic E-state index is -0.802. The fourth-order valence-corrected chi connectivity index (χ4v) is 7.01. The third-order valence-electron chi connectivity index (χ3n) is 7.02. The first kappa shape index (κ1) is 31.3. The smallest absolute Gasteiger partial charge is 0.243 e. The second-order valence-electron chi connectivity index (χ2n) is 10.4. The number of rotatable bonds is 13. The van der Waals surface area contributed by atoms with Crippen LogP contribution in [0.15, 0.2) is 48.5 Å². The minimum absolute atomic E-state index is 0.0282. The van der Waals surface area contributed by atoms with Gasteiger partial charge in [-0.25, -0.2) is 4.98 Å². The number of nitrogens with one attached hydrogen (secondary N) is 3. The second kappa shape index (κ2) is 15.5. The number of carbonyl (C=O) groups excluding carboxylic acids is 3. The summed E-state index contributed by atoms with van der Waals surface area (Å²) in [6.07, 6.45) is 1.05. The van der Waals surface area contributed by atoms with E-state index in [1.54, 1.807) is 13.0 Å². The van der Waals surface area contributed by atoms with Crippen molar-refractivity contribution in [2.75, 3.05) is 37.7 Å². The Bertz CT molecular complexity index is 1320. The SMILES string of the molecule is CCC(=O)N[C@@H](Cc1nc2ccc(Cl)cc2s1)C(=O)N[C@H](CNC(=O)C(C)CN1CCSCC1)Cc1ccccc1. The van der Waals surface area contributed by atoms with Gasteiger partial charge < -0.3 is 20.9 Å². The maximum Gasteiger partial charge on any atom is 0.243 e. The highest BCUT2D eigenvalue weighted by molar-refractivity contribution is 7.99. The van der Waals surface area contributed by atoms with Crippen molar-refractivity contribution in [3.05, 3.63) is 64.1 Å². The lowest BCUT2D eigenvalue weighted by molar-refractivity contribution is -0.129. The van der Waals surface area contributed by atoms with Gasteiger partial charge in [0.05, 0.1) is 21.3 Å². The number of benzene rings is 2. The number of carbonyl (C=O) groups is 3. The summed E-state index contributed by atoms with van der Waals surface area (Å²) in [5.74, 6) is 1.49. The number of hydrogen-bond acceptors (Lipinski definition) is 7. The molecule has 220 valence electrons. The van der Waals surface area contributed by atoms with Crippen LogP contribution >= 0.6 is 34.7 Å². The predicted molar refractivity (Wildman–Crippen MR) is 169 cm³/mol. The van der Waals surface area contributed by atoms with E-state index in [0.717, 1.165) is 51.9 Å². The first-order valence-corrected chi connectivity index (χ1v) is 16.4. The Morgan fingerprint density at radius 3 is 2.51 bits per heavy atom. The van der Waals surface area contributed by atoms with E-state index in [1.807, 2.05) is 61.2 Å². The van der Waals surface area contributed by atoms with Gasteiger partial charge in [-0.05, 0) is 30.2 Å². The summed E-state index contributed by atoms with van der Waals surface area (Å²) in [5, 5.41) is 10.4. The van der Waals surface area contributed by atoms with Gasteiger partial charge in [0.1, 0.15) is 6.04 Å². The predicted octanol–water partition coefficient (Wildman–Crippen LogP) is 3.92. The van der Waals surface area contributed by atoms with Crippen molar-refractivity contribution in [2.45, 2.75) is 45.2 Å². The Morgan fingerprint density at radius 1 is 1.02 bits per heavy atom. The standard InChI is InChI=1S/C30H38ClN5O3S2/c1-3-27(37)34-25(17-28-35-24-10-9-22(31)16-26(24)41-28)30(39)33-23(15-21-7-5-4-6-8-21)18-32-29(38)20(2)19-36-11-13-40-14-12-36/h4-10,16,20,23,25H,3,11-15,17-19H2,1-2H3,(H,32,38)(H,33,39)(H,34,37)/t20?,23-,25-/m0/s1. The normalized spacial score (nSPS) is 16.1. The molecule has 1 unspecified atom stereocenters. The highest BCUT2D eigenvalue weighted by Crippen LogP contribution is 2.26. The van der Waals surface area contributed by atoms with E-state index in [1.165, 1.54) is 11.3 Å². The van der Waals surface area contributed by atoms with Crippen LogP contribution in [-0.2, 0) is 27.2 Å². The highest BCUT2D eigenvalue weighted by atomic mass is 35.5. The molecule has 2 heterocycles. The quantitative estimate of drug-likeness (QED) is 0.269. The fraction of sp³-hybridized carbons (Fsp3) is 0.467. The summed E-state index contributed by atoms with van der Waals surface area (Å²) in [7, 11) is 0. The molecule has 2 aromatic carbocycles. The van der Waals surface area contributed by atoms with Crippen LogP contribution in [0.2, 0.25) is 5.02 Å². The van der Waals surface area contributed by atoms with Gasteiger partial charge in [-0.2, -0.15) is 11.8 Å². The van der Waals surface area contributed by atoms with Crippen LogP contribution in [0.5, 0.6) is 0 Å². The van der Waals surface area contributed by atoms with Gasteiger partial charge in [0.25, 0.3) is 0 Å². The van der Waals surface area contributed by atoms with Gasteiger partial charge in [0.2, 0.25) is 17.7 Å². The summed E-state index contributed by atoms with van der Waals surface area (Å²) in [5.41, 5.74) is 1.85. The largest absolute Gasteiger partial charge is 0.354 e. The van der Waals surface area contributed by atoms with Crippen molar-refractivity contribution in [1.29, 1.82) is 0 Å². The molecule has 3 atom stereocenters. The molecule has 4 rings (SSSR count). The molecule has 0 saturated carbocycles. The molecule has 11 heteroatoms. The van der Waals surface area contributed by atoms with Crippen LogP contribution in [0, 0.1) is 5.92 Å². The van der Waals surface area contributed by atoms with Crippen LogP contribution in [0.1, 0.15) is 30.8 Å². The highest BCUT2D eigenvalue weighted by Gasteiger charge is 2.26. The lowest BCUT2D eigenvalue weighted by atomic mass is 10.0. The average molecular weight is 616 g/mol. The molecule has 1 aliphatic rings. The van der Waals surface area contributed by atoms with Gasteiger partial charge >= 0.3 is 0 Å². The molecule has 3 N–H and O–H groups in total. The number of nitrogens with zero attached hydrogens (tertiary/aromatic N) is 2. The summed E-state index contributed by atoms with van der Waals surface area (Å²) >= 11 is 9.54. The number of hydrogen-bond donors (Lipinski definition) is 3. The topological polar surface area (TPSA) is 103 Å². The van der Waals surface area contributed by atoms with Crippen molar-refractivity contribution in [3.8, 4) is 0 Å². The molecule has 3 aromatic rings. The molecule has 0 aliphatic carbocycles. The molecular weight excluding hydrogens is 578 g/mol. The Morgan fingerprint density at radius 2 is 1.78 bits per heavy atom. The Kier molecular flexibility index (Phi) is 11.9. The molecule has 1 saturated heterocycles. The number of aromatic nitrogens is 1. The van der Waals surface area contributed by atoms with Crippen LogP contribution in [0.3, 0.4) is 0 Å². The Hall–Kier alpha value is -2.66. The van der Waals surface area contributed by atoms with Gasteiger partial charge in [0, 0.05) is 61.5 Å². The molecule has 8 nitrogen and oxygen atoms in total. The molecule has 0 spiro atoms. The van der Waals surface area contributed by atoms with Gasteiger partial charge in [-0.3, -0.25) is 14.4 Å². The van der Waals surface area contributed by atoms with E-state index in [0.29, 0.717) is 11.4 Å². The van der Waals surface area contributed by atoms with Crippen molar-refractivity contribution in [2.24, 2.45) is 5.92 Å². The van der Waals surface area contributed by atoms with E-state index >= 15 is 0 Å². The van der Waals surface area contributed by atoms with Gasteiger partial charge in [-0.1, -0.05) is 55.8 Å². The third-order valence-corrected chi connectivity index (χ3v) is 9.24. The zero-order valence-electron chi connectivity index (χ0n) is 23.5. The lowest BCUT2D eigenvalue weighted by Crippen LogP contribution is -2.54. The maximum absolute atomic E-state index is 13.6. The van der Waals surface area contributed by atoms with Crippen LogP contribution in [0.4, 0.5) is 0 Å². The van der Waals surface area contributed by atoms with Gasteiger partial charge in [-0.15, -0.1) is 11.3 Å². The molecule has 3 amide bonds. The lowest BCUT2D eigenvalue weighted by Gasteiger charge is -2.29. The van der Waals surface area contributed by atoms with Crippen LogP contribution < -0.4 is 16.0 Å². The van der Waals surface area contributed by atoms with Crippen molar-refractivity contribution < 1.29 is 14.4 Å². The zero-order valence-corrected chi connectivity index (χ0v) is 25.9. The first-order valence-electron chi connectivity index (χ1n) is 14.1. The summed E-state index contributed by atoms with van der Waals surface area (Å²) in [6, 6.07) is 14.2. The Labute approximate surface area is 255 Å². The summed E-state index contributed by atoms with van der Waals surface area (Å²) in [4.78, 5) is 46.0. The van der Waals surface area contributed by atoms with Gasteiger partial charge in [0.15, 0.2) is 0 Å². The maximum atomic E-state index is 13.6. The first-order chi connectivity index (χ1) is 19.8. The van der Waals surface area contributed by atoms with E-state index in [2.05, 4.69) is 25.8 Å². The van der Waals surface area contributed by atoms with E-state index in [9.17, 15) is 14.4 Å². The number of fused-ring (bicyclic) bond motifs is 1. The second-order valence-corrected chi connectivity index (χ2v) is 13.1. The van der Waals surface area contributed by atoms with Crippen molar-refractivity contribution in [3.63, 3.8) is 0 Å². The minimum Gasteiger partial charge on any atom is -0.354 e. The summed E-state index contributed by atoms with van der Waals surface area (Å²) < 4.78 is 0.926. The van der Waals surface area contributed by atoms with E-state index in [4.69, 9.17) is 11.6 Å². The molecule has 0 bridgehead atoms. The number of thiazole rings is 1. The van der Waals surface area contributed by atoms with E-state index in [-0.39, 0.29) is 49.1 Å². The summed E-state index contributed by atoms with van der Waals surface area (Å²) in [6.45, 7) is 6.71. The molecule has 1 aliphatic heterocycles.